The van der Waals surface area contributed by atoms with Crippen LogP contribution in [0.5, 0.6) is 0 Å². The van der Waals surface area contributed by atoms with Crippen LogP contribution < -0.4 is 11.1 Å². The molecule has 1 aromatic rings. The lowest BCUT2D eigenvalue weighted by molar-refractivity contribution is 0.0948. The Kier molecular flexibility index (Phi) is 4.85. The molecule has 1 rings (SSSR count). The highest BCUT2D eigenvalue weighted by Crippen LogP contribution is 2.10. The van der Waals surface area contributed by atoms with Crippen LogP contribution in [0.4, 0.5) is 8.78 Å². The lowest BCUT2D eigenvalue weighted by Gasteiger charge is -2.05. The van der Waals surface area contributed by atoms with E-state index >= 15 is 0 Å². The summed E-state index contributed by atoms with van der Waals surface area (Å²) >= 11 is 0. The Morgan fingerprint density at radius 1 is 1.31 bits per heavy atom. The molecule has 0 radical (unpaired) electrons. The van der Waals surface area contributed by atoms with Crippen molar-refractivity contribution in [1.82, 2.24) is 5.32 Å². The van der Waals surface area contributed by atoms with E-state index in [1.165, 1.54) is 12.1 Å². The highest BCUT2D eigenvalue weighted by Gasteiger charge is 2.13. The molecule has 0 aliphatic heterocycles. The van der Waals surface area contributed by atoms with Crippen molar-refractivity contribution >= 4 is 5.91 Å². The van der Waals surface area contributed by atoms with Crippen molar-refractivity contribution in [3.63, 3.8) is 0 Å². The van der Waals surface area contributed by atoms with Crippen LogP contribution in [0, 0.1) is 11.6 Å². The number of benzene rings is 1. The molecule has 0 fully saturated rings. The van der Waals surface area contributed by atoms with E-state index in [4.69, 9.17) is 5.73 Å². The summed E-state index contributed by atoms with van der Waals surface area (Å²) in [4.78, 5) is 11.4. The zero-order chi connectivity index (χ0) is 12.0. The minimum absolute atomic E-state index is 0.271. The van der Waals surface area contributed by atoms with Crippen LogP contribution in [0.15, 0.2) is 18.2 Å². The fraction of sp³-hybridized carbons (Fsp3) is 0.364. The minimum atomic E-state index is -1.11. The van der Waals surface area contributed by atoms with E-state index in [2.05, 4.69) is 5.32 Å². The Balaban J connectivity index is 2.56. The first-order valence-corrected chi connectivity index (χ1v) is 5.09. The number of halogens is 2. The van der Waals surface area contributed by atoms with Gasteiger partial charge in [0.05, 0.1) is 5.56 Å². The molecule has 0 saturated heterocycles. The fourth-order valence-electron chi connectivity index (χ4n) is 1.25. The number of hydrogen-bond donors (Lipinski definition) is 2. The van der Waals surface area contributed by atoms with Gasteiger partial charge in [-0.3, -0.25) is 4.79 Å². The number of nitrogens with one attached hydrogen (secondary N) is 1. The molecule has 5 heteroatoms. The van der Waals surface area contributed by atoms with Crippen molar-refractivity contribution in [2.45, 2.75) is 12.8 Å². The highest BCUT2D eigenvalue weighted by atomic mass is 19.2. The molecule has 88 valence electrons. The monoisotopic (exact) mass is 228 g/mol. The predicted octanol–water partition coefficient (Wildman–Crippen LogP) is 1.43. The van der Waals surface area contributed by atoms with Gasteiger partial charge in [0.2, 0.25) is 0 Å². The first kappa shape index (κ1) is 12.6. The van der Waals surface area contributed by atoms with Crippen molar-refractivity contribution in [2.75, 3.05) is 13.1 Å². The maximum absolute atomic E-state index is 13.2. The largest absolute Gasteiger partial charge is 0.352 e. The summed E-state index contributed by atoms with van der Waals surface area (Å²) < 4.78 is 26.0. The summed E-state index contributed by atoms with van der Waals surface area (Å²) in [7, 11) is 0. The summed E-state index contributed by atoms with van der Waals surface area (Å²) in [5, 5.41) is 2.50. The van der Waals surface area contributed by atoms with Crippen molar-refractivity contribution in [3.8, 4) is 0 Å². The molecule has 0 aromatic heterocycles. The van der Waals surface area contributed by atoms with Gasteiger partial charge in [-0.1, -0.05) is 6.07 Å². The smallest absolute Gasteiger partial charge is 0.254 e. The van der Waals surface area contributed by atoms with Gasteiger partial charge in [-0.2, -0.15) is 0 Å². The zero-order valence-corrected chi connectivity index (χ0v) is 8.80. The van der Waals surface area contributed by atoms with E-state index in [0.717, 1.165) is 18.9 Å². The summed E-state index contributed by atoms with van der Waals surface area (Å²) in [6.07, 6.45) is 1.51. The zero-order valence-electron chi connectivity index (χ0n) is 8.80. The summed E-state index contributed by atoms with van der Waals surface area (Å²) in [5.41, 5.74) is 5.01. The van der Waals surface area contributed by atoms with Crippen molar-refractivity contribution in [3.05, 3.63) is 35.4 Å². The predicted molar refractivity (Wildman–Crippen MR) is 57.0 cm³/mol. The van der Waals surface area contributed by atoms with Gasteiger partial charge in [0.25, 0.3) is 5.91 Å². The molecule has 3 N–H and O–H groups in total. The van der Waals surface area contributed by atoms with E-state index in [1.807, 2.05) is 0 Å². The molecule has 0 heterocycles. The molecule has 1 aromatic carbocycles. The minimum Gasteiger partial charge on any atom is -0.352 e. The Bertz CT molecular complexity index is 369. The van der Waals surface area contributed by atoms with Crippen LogP contribution in [0.1, 0.15) is 23.2 Å². The van der Waals surface area contributed by atoms with E-state index in [9.17, 15) is 13.6 Å². The van der Waals surface area contributed by atoms with Crippen LogP contribution in [-0.4, -0.2) is 19.0 Å². The third-order valence-electron chi connectivity index (χ3n) is 2.11. The lowest BCUT2D eigenvalue weighted by Crippen LogP contribution is -2.26. The molecule has 0 aliphatic carbocycles. The molecule has 0 spiro atoms. The summed E-state index contributed by atoms with van der Waals surface area (Å²) in [6.45, 7) is 0.955. The van der Waals surface area contributed by atoms with Crippen LogP contribution in [0.3, 0.4) is 0 Å². The van der Waals surface area contributed by atoms with Gasteiger partial charge in [0.1, 0.15) is 0 Å². The van der Waals surface area contributed by atoms with Gasteiger partial charge in [0.15, 0.2) is 11.6 Å². The standard InChI is InChI=1S/C11H14F2N2O/c12-9-5-3-4-8(10(9)13)11(16)15-7-2-1-6-14/h3-5H,1-2,6-7,14H2,(H,15,16). The van der Waals surface area contributed by atoms with Crippen LogP contribution in [0.25, 0.3) is 0 Å². The molecule has 0 bridgehead atoms. The molecule has 0 atom stereocenters. The highest BCUT2D eigenvalue weighted by molar-refractivity contribution is 5.94. The maximum atomic E-state index is 13.2. The van der Waals surface area contributed by atoms with Gasteiger partial charge >= 0.3 is 0 Å². The van der Waals surface area contributed by atoms with E-state index in [-0.39, 0.29) is 5.56 Å². The van der Waals surface area contributed by atoms with Crippen molar-refractivity contribution < 1.29 is 13.6 Å². The van der Waals surface area contributed by atoms with Crippen LogP contribution in [-0.2, 0) is 0 Å². The van der Waals surface area contributed by atoms with Crippen molar-refractivity contribution in [1.29, 1.82) is 0 Å². The number of carbonyl (C=O) groups excluding carboxylic acids is 1. The number of rotatable bonds is 5. The average Bonchev–Trinajstić information content (AvgIpc) is 2.28. The SMILES string of the molecule is NCCCCNC(=O)c1cccc(F)c1F. The molecule has 0 saturated carbocycles. The number of hydrogen-bond acceptors (Lipinski definition) is 2. The van der Waals surface area contributed by atoms with Gasteiger partial charge in [-0.15, -0.1) is 0 Å². The molecule has 0 aliphatic rings. The molecule has 16 heavy (non-hydrogen) atoms. The summed E-state index contributed by atoms with van der Waals surface area (Å²) in [5.74, 6) is -2.73. The second-order valence-electron chi connectivity index (χ2n) is 3.35. The fourth-order valence-corrected chi connectivity index (χ4v) is 1.25. The maximum Gasteiger partial charge on any atom is 0.254 e. The second kappa shape index (κ2) is 6.17. The second-order valence-corrected chi connectivity index (χ2v) is 3.35. The first-order valence-electron chi connectivity index (χ1n) is 5.09. The number of unbranched alkanes of at least 4 members (excludes halogenated alkanes) is 1. The van der Waals surface area contributed by atoms with Gasteiger partial charge in [-0.05, 0) is 31.5 Å². The molecule has 1 amide bonds. The topological polar surface area (TPSA) is 55.1 Å². The summed E-state index contributed by atoms with van der Waals surface area (Å²) in [6, 6.07) is 3.52. The third kappa shape index (κ3) is 3.27. The first-order chi connectivity index (χ1) is 7.66. The van der Waals surface area contributed by atoms with Gasteiger partial charge in [-0.25, -0.2) is 8.78 Å². The Labute approximate surface area is 92.6 Å². The van der Waals surface area contributed by atoms with E-state index < -0.39 is 17.5 Å². The third-order valence-corrected chi connectivity index (χ3v) is 2.11. The van der Waals surface area contributed by atoms with Gasteiger partial charge < -0.3 is 11.1 Å². The lowest BCUT2D eigenvalue weighted by atomic mass is 10.2. The number of nitrogens with two attached hydrogens (primary N) is 1. The van der Waals surface area contributed by atoms with Gasteiger partial charge in [0, 0.05) is 6.54 Å². The molecular formula is C11H14F2N2O. The van der Waals surface area contributed by atoms with Crippen molar-refractivity contribution in [2.24, 2.45) is 5.73 Å². The number of carbonyl (C=O) groups is 1. The average molecular weight is 228 g/mol. The molecular weight excluding hydrogens is 214 g/mol. The normalized spacial score (nSPS) is 10.2. The molecule has 0 unspecified atom stereocenters. The molecule has 3 nitrogen and oxygen atoms in total. The quantitative estimate of drug-likeness (QED) is 0.749. The van der Waals surface area contributed by atoms with E-state index in [1.54, 1.807) is 0 Å². The Morgan fingerprint density at radius 2 is 2.06 bits per heavy atom. The Hall–Kier alpha value is -1.49. The Morgan fingerprint density at radius 3 is 2.75 bits per heavy atom. The van der Waals surface area contributed by atoms with E-state index in [0.29, 0.717) is 13.1 Å². The van der Waals surface area contributed by atoms with Crippen LogP contribution >= 0.6 is 0 Å². The van der Waals surface area contributed by atoms with Crippen LogP contribution in [0.2, 0.25) is 0 Å². The number of amides is 1.